The van der Waals surface area contributed by atoms with Crippen LogP contribution < -0.4 is 0 Å². The van der Waals surface area contributed by atoms with Gasteiger partial charge in [-0.05, 0) is 6.92 Å². The molecule has 0 spiro atoms. The van der Waals surface area contributed by atoms with Gasteiger partial charge in [0.25, 0.3) is 0 Å². The molecule has 0 fully saturated rings. The quantitative estimate of drug-likeness (QED) is 0.316. The van der Waals surface area contributed by atoms with Crippen molar-refractivity contribution >= 4 is 0 Å². The van der Waals surface area contributed by atoms with E-state index < -0.39 is 5.79 Å². The molecule has 0 N–H and O–H groups in total. The fraction of sp³-hybridized carbons (Fsp3) is 0.500. The molecule has 0 aromatic rings. The normalized spacial score (nSPS) is 11.0. The first-order chi connectivity index (χ1) is 7.18. The third kappa shape index (κ3) is 7.08. The second-order valence-electron chi connectivity index (χ2n) is 3.14. The minimum absolute atomic E-state index is 0.348. The van der Waals surface area contributed by atoms with Crippen molar-refractivity contribution in [1.82, 2.24) is 0 Å². The van der Waals surface area contributed by atoms with E-state index in [0.717, 1.165) is 0 Å². The molecular formula is C12H20O3. The Hall–Kier alpha value is -0.900. The summed E-state index contributed by atoms with van der Waals surface area (Å²) in [7, 11) is 0. The second kappa shape index (κ2) is 8.41. The van der Waals surface area contributed by atoms with Gasteiger partial charge in [-0.15, -0.1) is 19.7 Å². The smallest absolute Gasteiger partial charge is 0.189 e. The highest BCUT2D eigenvalue weighted by Crippen LogP contribution is 2.13. The van der Waals surface area contributed by atoms with Gasteiger partial charge < -0.3 is 14.2 Å². The Bertz CT molecular complexity index is 187. The Morgan fingerprint density at radius 2 is 1.40 bits per heavy atom. The van der Waals surface area contributed by atoms with Gasteiger partial charge in [-0.1, -0.05) is 18.2 Å². The van der Waals surface area contributed by atoms with Crippen LogP contribution in [0.3, 0.4) is 0 Å². The molecule has 0 amide bonds. The standard InChI is InChI=1S/C12H20O3/c1-5-8-13-11-12(4,14-9-6-2)15-10-7-3/h5-7H,1-3,8-11H2,4H3. The van der Waals surface area contributed by atoms with E-state index in [-0.39, 0.29) is 0 Å². The van der Waals surface area contributed by atoms with Gasteiger partial charge in [-0.2, -0.15) is 0 Å². The van der Waals surface area contributed by atoms with Crippen LogP contribution in [0.5, 0.6) is 0 Å². The molecule has 0 aliphatic carbocycles. The van der Waals surface area contributed by atoms with Gasteiger partial charge in [0.15, 0.2) is 5.79 Å². The summed E-state index contributed by atoms with van der Waals surface area (Å²) >= 11 is 0. The fourth-order valence-corrected chi connectivity index (χ4v) is 0.923. The van der Waals surface area contributed by atoms with E-state index in [1.165, 1.54) is 0 Å². The number of rotatable bonds is 10. The van der Waals surface area contributed by atoms with E-state index in [0.29, 0.717) is 26.4 Å². The van der Waals surface area contributed by atoms with Gasteiger partial charge in [0, 0.05) is 0 Å². The Labute approximate surface area is 92.0 Å². The molecule has 0 unspecified atom stereocenters. The maximum atomic E-state index is 5.48. The molecule has 0 aliphatic heterocycles. The average Bonchev–Trinajstić information content (AvgIpc) is 2.24. The molecule has 3 heteroatoms. The zero-order valence-corrected chi connectivity index (χ0v) is 9.41. The third-order valence-electron chi connectivity index (χ3n) is 1.61. The van der Waals surface area contributed by atoms with Crippen molar-refractivity contribution in [2.75, 3.05) is 26.4 Å². The van der Waals surface area contributed by atoms with Crippen LogP contribution in [-0.2, 0) is 14.2 Å². The summed E-state index contributed by atoms with van der Waals surface area (Å²) in [5, 5.41) is 0. The summed E-state index contributed by atoms with van der Waals surface area (Å²) in [4.78, 5) is 0. The van der Waals surface area contributed by atoms with Crippen molar-refractivity contribution in [2.24, 2.45) is 0 Å². The predicted molar refractivity (Wildman–Crippen MR) is 61.7 cm³/mol. The minimum Gasteiger partial charge on any atom is -0.372 e. The van der Waals surface area contributed by atoms with Crippen LogP contribution in [0.2, 0.25) is 0 Å². The van der Waals surface area contributed by atoms with Crippen molar-refractivity contribution < 1.29 is 14.2 Å². The summed E-state index contributed by atoms with van der Waals surface area (Å²) in [5.74, 6) is -0.759. The summed E-state index contributed by atoms with van der Waals surface area (Å²) in [6, 6.07) is 0. The molecule has 3 nitrogen and oxygen atoms in total. The van der Waals surface area contributed by atoms with Gasteiger partial charge in [0.2, 0.25) is 0 Å². The third-order valence-corrected chi connectivity index (χ3v) is 1.61. The lowest BCUT2D eigenvalue weighted by Crippen LogP contribution is -2.38. The fourth-order valence-electron chi connectivity index (χ4n) is 0.923. The lowest BCUT2D eigenvalue weighted by Gasteiger charge is -2.28. The largest absolute Gasteiger partial charge is 0.372 e. The van der Waals surface area contributed by atoms with Crippen LogP contribution in [0.25, 0.3) is 0 Å². The molecule has 0 saturated carbocycles. The molecule has 0 rings (SSSR count). The van der Waals surface area contributed by atoms with Crippen molar-refractivity contribution in [3.63, 3.8) is 0 Å². The number of hydrogen-bond donors (Lipinski definition) is 0. The van der Waals surface area contributed by atoms with E-state index in [1.807, 2.05) is 6.92 Å². The highest BCUT2D eigenvalue weighted by Gasteiger charge is 2.25. The highest BCUT2D eigenvalue weighted by atomic mass is 16.7. The molecule has 0 heterocycles. The Morgan fingerprint density at radius 1 is 0.933 bits per heavy atom. The average molecular weight is 212 g/mol. The first-order valence-corrected chi connectivity index (χ1v) is 4.87. The predicted octanol–water partition coefficient (Wildman–Crippen LogP) is 2.31. The molecule has 0 radical (unpaired) electrons. The molecule has 86 valence electrons. The molecule has 0 saturated heterocycles. The molecule has 15 heavy (non-hydrogen) atoms. The summed E-state index contributed by atoms with van der Waals surface area (Å²) in [6.45, 7) is 14.2. The van der Waals surface area contributed by atoms with Gasteiger partial charge in [0.05, 0.1) is 19.8 Å². The topological polar surface area (TPSA) is 27.7 Å². The van der Waals surface area contributed by atoms with Crippen LogP contribution in [0.15, 0.2) is 38.0 Å². The SMILES string of the molecule is C=CCOCC(C)(OCC=C)OCC=C. The zero-order valence-electron chi connectivity index (χ0n) is 9.41. The Balaban J connectivity index is 4.05. The highest BCUT2D eigenvalue weighted by molar-refractivity contribution is 4.74. The van der Waals surface area contributed by atoms with E-state index >= 15 is 0 Å². The molecular weight excluding hydrogens is 192 g/mol. The van der Waals surface area contributed by atoms with E-state index in [1.54, 1.807) is 18.2 Å². The minimum atomic E-state index is -0.759. The molecule has 0 aromatic heterocycles. The van der Waals surface area contributed by atoms with Gasteiger partial charge >= 0.3 is 0 Å². The molecule has 0 bridgehead atoms. The monoisotopic (exact) mass is 212 g/mol. The summed E-state index contributed by atoms with van der Waals surface area (Å²) in [6.07, 6.45) is 5.02. The Kier molecular flexibility index (Phi) is 7.91. The zero-order chi connectivity index (χ0) is 11.6. The first-order valence-electron chi connectivity index (χ1n) is 4.87. The van der Waals surface area contributed by atoms with Crippen LogP contribution >= 0.6 is 0 Å². The van der Waals surface area contributed by atoms with Crippen LogP contribution in [0.4, 0.5) is 0 Å². The lowest BCUT2D eigenvalue weighted by molar-refractivity contribution is -0.238. The second-order valence-corrected chi connectivity index (χ2v) is 3.14. The molecule has 0 aromatic carbocycles. The van der Waals surface area contributed by atoms with Crippen molar-refractivity contribution in [3.8, 4) is 0 Å². The maximum Gasteiger partial charge on any atom is 0.189 e. The molecule has 0 atom stereocenters. The number of hydrogen-bond acceptors (Lipinski definition) is 3. The van der Waals surface area contributed by atoms with Crippen LogP contribution in [0, 0.1) is 0 Å². The van der Waals surface area contributed by atoms with E-state index in [4.69, 9.17) is 14.2 Å². The van der Waals surface area contributed by atoms with Crippen molar-refractivity contribution in [1.29, 1.82) is 0 Å². The lowest BCUT2D eigenvalue weighted by atomic mass is 10.3. The maximum absolute atomic E-state index is 5.48. The van der Waals surface area contributed by atoms with Crippen LogP contribution in [-0.4, -0.2) is 32.2 Å². The van der Waals surface area contributed by atoms with Gasteiger partial charge in [-0.25, -0.2) is 0 Å². The Morgan fingerprint density at radius 3 is 1.80 bits per heavy atom. The number of ether oxygens (including phenoxy) is 3. The van der Waals surface area contributed by atoms with E-state index in [2.05, 4.69) is 19.7 Å². The van der Waals surface area contributed by atoms with Gasteiger partial charge in [0.1, 0.15) is 6.61 Å². The summed E-state index contributed by atoms with van der Waals surface area (Å²) in [5.41, 5.74) is 0. The van der Waals surface area contributed by atoms with Gasteiger partial charge in [-0.3, -0.25) is 0 Å². The van der Waals surface area contributed by atoms with E-state index in [9.17, 15) is 0 Å². The van der Waals surface area contributed by atoms with Crippen molar-refractivity contribution in [2.45, 2.75) is 12.7 Å². The van der Waals surface area contributed by atoms with Crippen molar-refractivity contribution in [3.05, 3.63) is 38.0 Å². The summed E-state index contributed by atoms with van der Waals surface area (Å²) < 4.78 is 16.3. The first kappa shape index (κ1) is 14.1. The molecule has 0 aliphatic rings. The van der Waals surface area contributed by atoms with Crippen LogP contribution in [0.1, 0.15) is 6.92 Å².